The molecule has 0 rings (SSSR count). The average Bonchev–Trinajstić information content (AvgIpc) is 2.13. The molecule has 0 saturated carbocycles. The quantitative estimate of drug-likeness (QED) is 0.624. The maximum Gasteiger partial charge on any atom is 0.408 e. The van der Waals surface area contributed by atoms with Gasteiger partial charge in [-0.15, -0.1) is 0 Å². The molecule has 0 bridgehead atoms. The molecule has 0 aliphatic carbocycles. The van der Waals surface area contributed by atoms with Crippen molar-refractivity contribution in [1.82, 2.24) is 5.32 Å². The third kappa shape index (κ3) is 5.90. The Bertz CT molecular complexity index is 322. The highest BCUT2D eigenvalue weighted by molar-refractivity contribution is 14.1. The summed E-state index contributed by atoms with van der Waals surface area (Å²) in [6, 6.07) is 0. The first-order valence-electron chi connectivity index (χ1n) is 5.02. The Morgan fingerprint density at radius 2 is 1.76 bits per heavy atom. The molecular weight excluding hydrogens is 337 g/mol. The first-order valence-corrected chi connectivity index (χ1v) is 6.26. The summed E-state index contributed by atoms with van der Waals surface area (Å²) in [6.45, 7) is 6.78. The summed E-state index contributed by atoms with van der Waals surface area (Å²) in [5.41, 5.74) is -1.84. The maximum atomic E-state index is 11.6. The van der Waals surface area contributed by atoms with Crippen molar-refractivity contribution in [2.24, 2.45) is 0 Å². The van der Waals surface area contributed by atoms with Gasteiger partial charge in [0, 0.05) is 0 Å². The maximum absolute atomic E-state index is 11.6. The van der Waals surface area contributed by atoms with E-state index in [1.807, 2.05) is 22.6 Å². The van der Waals surface area contributed by atoms with Crippen LogP contribution in [0.25, 0.3) is 0 Å². The van der Waals surface area contributed by atoms with Gasteiger partial charge in [-0.05, 0) is 37.9 Å². The average molecular weight is 355 g/mol. The van der Waals surface area contributed by atoms with E-state index < -0.39 is 23.2 Å². The minimum absolute atomic E-state index is 0.559. The number of methoxy groups -OCH3 is 1. The van der Waals surface area contributed by atoms with Crippen molar-refractivity contribution in [2.75, 3.05) is 7.11 Å². The molecule has 1 atom stereocenters. The summed E-state index contributed by atoms with van der Waals surface area (Å²) in [7, 11) is 1.26. The van der Waals surface area contributed by atoms with Gasteiger partial charge in [-0.1, -0.05) is 22.6 Å². The largest absolute Gasteiger partial charge is 0.467 e. The van der Waals surface area contributed by atoms with Crippen molar-refractivity contribution in [3.63, 3.8) is 0 Å². The topological polar surface area (TPSA) is 64.6 Å². The summed E-state index contributed by atoms with van der Waals surface area (Å²) in [5.74, 6) is -0.559. The molecule has 0 spiro atoms. The van der Waals surface area contributed by atoms with Crippen LogP contribution in [0.2, 0.25) is 0 Å². The second-order valence-electron chi connectivity index (χ2n) is 4.61. The van der Waals surface area contributed by atoms with Gasteiger partial charge in [0.05, 0.1) is 7.11 Å². The van der Waals surface area contributed by atoms with Crippen LogP contribution < -0.4 is 5.32 Å². The number of esters is 1. The van der Waals surface area contributed by atoms with Gasteiger partial charge in [-0.25, -0.2) is 9.59 Å². The van der Waals surface area contributed by atoms with Crippen LogP contribution in [-0.2, 0) is 14.3 Å². The monoisotopic (exact) mass is 355 g/mol. The Morgan fingerprint density at radius 1 is 1.24 bits per heavy atom. The first kappa shape index (κ1) is 16.2. The van der Waals surface area contributed by atoms with Crippen LogP contribution in [0, 0.1) is 0 Å². The van der Waals surface area contributed by atoms with Gasteiger partial charge in [0.2, 0.25) is 0 Å². The second kappa shape index (κ2) is 6.23. The molecule has 17 heavy (non-hydrogen) atoms. The van der Waals surface area contributed by atoms with E-state index in [0.29, 0.717) is 0 Å². The highest BCUT2D eigenvalue weighted by Gasteiger charge is 2.34. The minimum atomic E-state index is -1.22. The zero-order valence-corrected chi connectivity index (χ0v) is 12.8. The third-order valence-electron chi connectivity index (χ3n) is 1.77. The van der Waals surface area contributed by atoms with E-state index in [-0.39, 0.29) is 0 Å². The van der Waals surface area contributed by atoms with Gasteiger partial charge in [0.1, 0.15) is 5.60 Å². The predicted octanol–water partition coefficient (Wildman–Crippen LogP) is 2.39. The van der Waals surface area contributed by atoms with Crippen molar-refractivity contribution in [1.29, 1.82) is 0 Å². The summed E-state index contributed by atoms with van der Waals surface area (Å²) < 4.78 is 11.3. The van der Waals surface area contributed by atoms with Gasteiger partial charge in [-0.3, -0.25) is 0 Å². The highest BCUT2D eigenvalue weighted by atomic mass is 127. The standard InChI is InChI=1S/C11H18INO4/c1-10(2,3)17-9(15)13-11(4,6-7-12)8(14)16-5/h6-7H,1-5H3,(H,13,15)/b7-6+/t11-/m0/s1. The van der Waals surface area contributed by atoms with Crippen LogP contribution in [0.3, 0.4) is 0 Å². The number of hydrogen-bond donors (Lipinski definition) is 1. The molecule has 0 aliphatic rings. The summed E-state index contributed by atoms with van der Waals surface area (Å²) in [4.78, 5) is 23.2. The van der Waals surface area contributed by atoms with E-state index >= 15 is 0 Å². The van der Waals surface area contributed by atoms with E-state index in [2.05, 4.69) is 10.1 Å². The van der Waals surface area contributed by atoms with Crippen molar-refractivity contribution in [3.05, 3.63) is 10.2 Å². The van der Waals surface area contributed by atoms with Crippen LogP contribution in [0.1, 0.15) is 27.7 Å². The number of nitrogens with one attached hydrogen (secondary N) is 1. The van der Waals surface area contributed by atoms with Crippen LogP contribution in [0.15, 0.2) is 10.2 Å². The predicted molar refractivity (Wildman–Crippen MR) is 73.0 cm³/mol. The molecule has 0 aromatic heterocycles. The van der Waals surface area contributed by atoms with Crippen molar-refractivity contribution in [3.8, 4) is 0 Å². The summed E-state index contributed by atoms with van der Waals surface area (Å²) in [6.07, 6.45) is 0.864. The molecule has 98 valence electrons. The molecular formula is C11H18INO4. The Kier molecular flexibility index (Phi) is 5.94. The molecule has 1 N–H and O–H groups in total. The Morgan fingerprint density at radius 3 is 2.12 bits per heavy atom. The van der Waals surface area contributed by atoms with Gasteiger partial charge >= 0.3 is 12.1 Å². The lowest BCUT2D eigenvalue weighted by Crippen LogP contribution is -2.52. The van der Waals surface area contributed by atoms with Crippen LogP contribution in [0.5, 0.6) is 0 Å². The van der Waals surface area contributed by atoms with Crippen LogP contribution >= 0.6 is 22.6 Å². The van der Waals surface area contributed by atoms with Crippen molar-refractivity contribution < 1.29 is 19.1 Å². The van der Waals surface area contributed by atoms with Crippen molar-refractivity contribution >= 4 is 34.7 Å². The smallest absolute Gasteiger partial charge is 0.408 e. The van der Waals surface area contributed by atoms with Gasteiger partial charge < -0.3 is 14.8 Å². The summed E-state index contributed by atoms with van der Waals surface area (Å²) >= 11 is 1.96. The Labute approximate surface area is 115 Å². The Balaban J connectivity index is 4.78. The highest BCUT2D eigenvalue weighted by Crippen LogP contribution is 2.13. The number of rotatable bonds is 3. The molecule has 0 aliphatic heterocycles. The number of amides is 1. The molecule has 6 heteroatoms. The molecule has 0 heterocycles. The lowest BCUT2D eigenvalue weighted by atomic mass is 10.0. The van der Waals surface area contributed by atoms with Gasteiger partial charge in [-0.2, -0.15) is 0 Å². The fourth-order valence-corrected chi connectivity index (χ4v) is 1.73. The number of ether oxygens (including phenoxy) is 2. The molecule has 5 nitrogen and oxygen atoms in total. The van der Waals surface area contributed by atoms with E-state index in [0.717, 1.165) is 0 Å². The fourth-order valence-electron chi connectivity index (χ4n) is 1.01. The normalized spacial score (nSPS) is 15.2. The van der Waals surface area contributed by atoms with E-state index in [4.69, 9.17) is 4.74 Å². The molecule has 0 aromatic carbocycles. The first-order chi connectivity index (χ1) is 7.64. The van der Waals surface area contributed by atoms with Crippen LogP contribution in [0.4, 0.5) is 4.79 Å². The minimum Gasteiger partial charge on any atom is -0.467 e. The number of alkyl carbamates (subject to hydrolysis) is 1. The van der Waals surface area contributed by atoms with E-state index in [1.54, 1.807) is 24.9 Å². The number of carbonyl (C=O) groups excluding carboxylic acids is 2. The number of hydrogen-bond acceptors (Lipinski definition) is 4. The molecule has 0 saturated heterocycles. The summed E-state index contributed by atoms with van der Waals surface area (Å²) in [5, 5.41) is 2.47. The fraction of sp³-hybridized carbons (Fsp3) is 0.636. The number of carbonyl (C=O) groups is 2. The molecule has 0 fully saturated rings. The van der Waals surface area contributed by atoms with E-state index in [1.165, 1.54) is 20.1 Å². The Hall–Kier alpha value is -0.790. The zero-order valence-electron chi connectivity index (χ0n) is 10.7. The van der Waals surface area contributed by atoms with Gasteiger partial charge in [0.15, 0.2) is 5.54 Å². The second-order valence-corrected chi connectivity index (χ2v) is 5.33. The molecule has 1 amide bonds. The SMILES string of the molecule is COC(=O)[C@](C)(/C=C/I)NC(=O)OC(C)(C)C. The van der Waals surface area contributed by atoms with Gasteiger partial charge in [0.25, 0.3) is 0 Å². The number of halogens is 1. The molecule has 0 aromatic rings. The third-order valence-corrected chi connectivity index (χ3v) is 2.13. The molecule has 0 unspecified atom stereocenters. The van der Waals surface area contributed by atoms with Crippen molar-refractivity contribution in [2.45, 2.75) is 38.8 Å². The lowest BCUT2D eigenvalue weighted by molar-refractivity contribution is -0.145. The zero-order chi connectivity index (χ0) is 13.7. The van der Waals surface area contributed by atoms with E-state index in [9.17, 15) is 9.59 Å². The van der Waals surface area contributed by atoms with Crippen LogP contribution in [-0.4, -0.2) is 30.3 Å². The molecule has 0 radical (unpaired) electrons. The lowest BCUT2D eigenvalue weighted by Gasteiger charge is -2.27.